The largest absolute Gasteiger partial charge is 0.466 e. The first-order valence-electron chi connectivity index (χ1n) is 4.76. The number of rotatable bonds is 4. The van der Waals surface area contributed by atoms with Crippen LogP contribution in [-0.2, 0) is 21.3 Å². The van der Waals surface area contributed by atoms with Crippen molar-refractivity contribution in [1.29, 1.82) is 0 Å². The van der Waals surface area contributed by atoms with Gasteiger partial charge in [0.15, 0.2) is 0 Å². The van der Waals surface area contributed by atoms with Gasteiger partial charge in [-0.3, -0.25) is 4.79 Å². The number of carbonyl (C=O) groups is 1. The number of carbonyl (C=O) groups excluding carboxylic acids is 1. The lowest BCUT2D eigenvalue weighted by Gasteiger charge is -2.10. The molecule has 0 N–H and O–H groups in total. The van der Waals surface area contributed by atoms with Gasteiger partial charge in [0.1, 0.15) is 0 Å². The third-order valence-corrected chi connectivity index (χ3v) is 3.75. The van der Waals surface area contributed by atoms with Crippen molar-refractivity contribution in [2.75, 3.05) is 6.61 Å². The molecule has 88 valence electrons. The molecule has 1 aromatic carbocycles. The smallest absolute Gasteiger partial charge is 0.310 e. The second kappa shape index (κ2) is 6.77. The molecule has 0 radical (unpaired) electrons. The Hall–Kier alpha value is 0.130. The van der Waals surface area contributed by atoms with Gasteiger partial charge in [0.25, 0.3) is 0 Å². The van der Waals surface area contributed by atoms with Crippen molar-refractivity contribution < 1.29 is 9.53 Å². The Balaban J connectivity index is 2.97. The van der Waals surface area contributed by atoms with Crippen molar-refractivity contribution in [2.24, 2.45) is 0 Å². The van der Waals surface area contributed by atoms with E-state index in [0.29, 0.717) is 18.4 Å². The highest BCUT2D eigenvalue weighted by atomic mass is 79.9. The summed E-state index contributed by atoms with van der Waals surface area (Å²) in [5.74, 6) is -0.199. The average molecular weight is 415 g/mol. The Morgan fingerprint density at radius 1 is 1.38 bits per heavy atom. The number of alkyl halides is 1. The van der Waals surface area contributed by atoms with Crippen LogP contribution in [0.1, 0.15) is 18.1 Å². The molecule has 1 rings (SSSR count). The molecule has 2 nitrogen and oxygen atoms in total. The Kier molecular flexibility index (Phi) is 6.00. The summed E-state index contributed by atoms with van der Waals surface area (Å²) in [6.45, 7) is 2.22. The maximum Gasteiger partial charge on any atom is 0.310 e. The Morgan fingerprint density at radius 2 is 2.06 bits per heavy atom. The number of halogens is 3. The molecule has 0 amide bonds. The topological polar surface area (TPSA) is 26.3 Å². The fourth-order valence-corrected chi connectivity index (χ4v) is 3.82. The zero-order chi connectivity index (χ0) is 12.1. The first-order chi connectivity index (χ1) is 7.58. The van der Waals surface area contributed by atoms with E-state index in [2.05, 4.69) is 47.8 Å². The van der Waals surface area contributed by atoms with Crippen molar-refractivity contribution in [3.63, 3.8) is 0 Å². The third-order valence-electron chi connectivity index (χ3n) is 2.03. The SMILES string of the molecule is CCOC(=O)Cc1cc(Br)cc(Br)c1CBr. The first kappa shape index (κ1) is 14.2. The molecular formula is C11H11Br3O2. The van der Waals surface area contributed by atoms with Crippen LogP contribution in [0, 0.1) is 0 Å². The minimum absolute atomic E-state index is 0.199. The van der Waals surface area contributed by atoms with Gasteiger partial charge in [-0.15, -0.1) is 0 Å². The van der Waals surface area contributed by atoms with Crippen molar-refractivity contribution in [3.8, 4) is 0 Å². The standard InChI is InChI=1S/C11H11Br3O2/c1-2-16-11(15)4-7-3-8(13)5-10(14)9(7)6-12/h3,5H,2,4,6H2,1H3. The lowest BCUT2D eigenvalue weighted by Crippen LogP contribution is -2.09. The van der Waals surface area contributed by atoms with E-state index in [-0.39, 0.29) is 5.97 Å². The highest BCUT2D eigenvalue weighted by Gasteiger charge is 2.12. The highest BCUT2D eigenvalue weighted by molar-refractivity contribution is 9.11. The summed E-state index contributed by atoms with van der Waals surface area (Å²) >= 11 is 10.3. The van der Waals surface area contributed by atoms with E-state index >= 15 is 0 Å². The molecule has 0 bridgehead atoms. The molecule has 0 aliphatic heterocycles. The van der Waals surface area contributed by atoms with Gasteiger partial charge in [0.2, 0.25) is 0 Å². The Labute approximate surface area is 120 Å². The van der Waals surface area contributed by atoms with E-state index < -0.39 is 0 Å². The second-order valence-corrected chi connectivity index (χ2v) is 5.47. The third kappa shape index (κ3) is 3.86. The average Bonchev–Trinajstić information content (AvgIpc) is 2.17. The predicted octanol–water partition coefficient (Wildman–Crippen LogP) is 4.21. The number of hydrogen-bond donors (Lipinski definition) is 0. The normalized spacial score (nSPS) is 10.2. The Bertz CT molecular complexity index is 391. The molecule has 0 fully saturated rings. The van der Waals surface area contributed by atoms with E-state index in [1.165, 1.54) is 0 Å². The van der Waals surface area contributed by atoms with Crippen LogP contribution < -0.4 is 0 Å². The van der Waals surface area contributed by atoms with Gasteiger partial charge in [0, 0.05) is 14.3 Å². The molecule has 0 spiro atoms. The van der Waals surface area contributed by atoms with Gasteiger partial charge < -0.3 is 4.74 Å². The maximum absolute atomic E-state index is 11.4. The zero-order valence-corrected chi connectivity index (χ0v) is 13.5. The summed E-state index contributed by atoms with van der Waals surface area (Å²) < 4.78 is 6.87. The number of hydrogen-bond acceptors (Lipinski definition) is 2. The quantitative estimate of drug-likeness (QED) is 0.545. The van der Waals surface area contributed by atoms with E-state index in [1.54, 1.807) is 6.92 Å². The molecule has 0 saturated heterocycles. The minimum atomic E-state index is -0.199. The van der Waals surface area contributed by atoms with Gasteiger partial charge in [-0.05, 0) is 30.2 Å². The lowest BCUT2D eigenvalue weighted by atomic mass is 10.1. The van der Waals surface area contributed by atoms with Crippen molar-refractivity contribution >= 4 is 53.8 Å². The van der Waals surface area contributed by atoms with Gasteiger partial charge >= 0.3 is 5.97 Å². The minimum Gasteiger partial charge on any atom is -0.466 e. The van der Waals surface area contributed by atoms with Crippen LogP contribution in [0.25, 0.3) is 0 Å². The first-order valence-corrected chi connectivity index (χ1v) is 7.47. The second-order valence-electron chi connectivity index (χ2n) is 3.14. The van der Waals surface area contributed by atoms with Crippen LogP contribution in [0.2, 0.25) is 0 Å². The van der Waals surface area contributed by atoms with Crippen LogP contribution in [-0.4, -0.2) is 12.6 Å². The van der Waals surface area contributed by atoms with E-state index in [1.807, 2.05) is 12.1 Å². The van der Waals surface area contributed by atoms with Crippen molar-refractivity contribution in [2.45, 2.75) is 18.7 Å². The molecule has 0 saturated carbocycles. The van der Waals surface area contributed by atoms with E-state index in [4.69, 9.17) is 4.74 Å². The van der Waals surface area contributed by atoms with Crippen molar-refractivity contribution in [3.05, 3.63) is 32.2 Å². The van der Waals surface area contributed by atoms with Crippen molar-refractivity contribution in [1.82, 2.24) is 0 Å². The molecule has 16 heavy (non-hydrogen) atoms. The fourth-order valence-electron chi connectivity index (χ4n) is 1.33. The molecule has 5 heteroatoms. The highest BCUT2D eigenvalue weighted by Crippen LogP contribution is 2.28. The molecule has 1 aromatic rings. The summed E-state index contributed by atoms with van der Waals surface area (Å²) in [5.41, 5.74) is 2.05. The predicted molar refractivity (Wildman–Crippen MR) is 74.8 cm³/mol. The van der Waals surface area contributed by atoms with Crippen LogP contribution in [0.15, 0.2) is 21.1 Å². The van der Waals surface area contributed by atoms with Crippen LogP contribution >= 0.6 is 47.8 Å². The number of ether oxygens (including phenoxy) is 1. The van der Waals surface area contributed by atoms with Gasteiger partial charge in [-0.1, -0.05) is 47.8 Å². The number of esters is 1. The monoisotopic (exact) mass is 412 g/mol. The molecule has 0 aromatic heterocycles. The summed E-state index contributed by atoms with van der Waals surface area (Å²) in [5, 5.41) is 0.704. The summed E-state index contributed by atoms with van der Waals surface area (Å²) in [4.78, 5) is 11.4. The van der Waals surface area contributed by atoms with Gasteiger partial charge in [-0.2, -0.15) is 0 Å². The van der Waals surface area contributed by atoms with Gasteiger partial charge in [0.05, 0.1) is 13.0 Å². The maximum atomic E-state index is 11.4. The fraction of sp³-hybridized carbons (Fsp3) is 0.364. The molecule has 0 unspecified atom stereocenters. The van der Waals surface area contributed by atoms with Crippen LogP contribution in [0.5, 0.6) is 0 Å². The molecule has 0 heterocycles. The summed E-state index contributed by atoms with van der Waals surface area (Å²) in [6, 6.07) is 3.91. The summed E-state index contributed by atoms with van der Waals surface area (Å²) in [6.07, 6.45) is 0.298. The molecule has 0 aliphatic rings. The van der Waals surface area contributed by atoms with Crippen LogP contribution in [0.4, 0.5) is 0 Å². The molecule has 0 aliphatic carbocycles. The van der Waals surface area contributed by atoms with E-state index in [0.717, 1.165) is 20.1 Å². The summed E-state index contributed by atoms with van der Waals surface area (Å²) in [7, 11) is 0. The van der Waals surface area contributed by atoms with Crippen LogP contribution in [0.3, 0.4) is 0 Å². The molecular weight excluding hydrogens is 404 g/mol. The lowest BCUT2D eigenvalue weighted by molar-refractivity contribution is -0.142. The number of benzene rings is 1. The van der Waals surface area contributed by atoms with E-state index in [9.17, 15) is 4.79 Å². The zero-order valence-electron chi connectivity index (χ0n) is 8.73. The Morgan fingerprint density at radius 3 is 2.62 bits per heavy atom. The molecule has 0 atom stereocenters. The van der Waals surface area contributed by atoms with Gasteiger partial charge in [-0.25, -0.2) is 0 Å².